The van der Waals surface area contributed by atoms with Crippen molar-refractivity contribution in [1.29, 1.82) is 0 Å². The fraction of sp³-hybridized carbons (Fsp3) is 0.636. The molecule has 7 heteroatoms. The molecule has 2 rings (SSSR count). The summed E-state index contributed by atoms with van der Waals surface area (Å²) in [5.74, 6) is 0.304. The summed E-state index contributed by atoms with van der Waals surface area (Å²) in [4.78, 5) is 0.890. The first-order valence-corrected chi connectivity index (χ1v) is 8.11. The van der Waals surface area contributed by atoms with Crippen molar-refractivity contribution < 1.29 is 13.2 Å². The van der Waals surface area contributed by atoms with Crippen molar-refractivity contribution >= 4 is 21.4 Å². The van der Waals surface area contributed by atoms with Crippen molar-refractivity contribution in [3.8, 4) is 0 Å². The summed E-state index contributed by atoms with van der Waals surface area (Å²) < 4.78 is 31.7. The molecule has 0 radical (unpaired) electrons. The van der Waals surface area contributed by atoms with Crippen molar-refractivity contribution in [3.05, 3.63) is 17.0 Å². The zero-order chi connectivity index (χ0) is 13.2. The van der Waals surface area contributed by atoms with Gasteiger partial charge in [0.15, 0.2) is 0 Å². The summed E-state index contributed by atoms with van der Waals surface area (Å²) in [5, 5.41) is 0. The maximum atomic E-state index is 12.4. The van der Waals surface area contributed by atoms with E-state index in [9.17, 15) is 8.42 Å². The van der Waals surface area contributed by atoms with E-state index in [-0.39, 0.29) is 0 Å². The lowest BCUT2D eigenvalue weighted by atomic mass is 10.1. The summed E-state index contributed by atoms with van der Waals surface area (Å²) in [5.41, 5.74) is 5.51. The minimum atomic E-state index is -3.34. The number of sulfonamides is 1. The zero-order valence-corrected chi connectivity index (χ0v) is 12.0. The lowest BCUT2D eigenvalue weighted by Gasteiger charge is -2.15. The largest absolute Gasteiger partial charge is 0.384 e. The molecule has 1 unspecified atom stereocenters. The van der Waals surface area contributed by atoms with Crippen molar-refractivity contribution in [2.75, 3.05) is 26.8 Å². The van der Waals surface area contributed by atoms with E-state index in [0.29, 0.717) is 36.4 Å². The maximum absolute atomic E-state index is 12.4. The number of methoxy groups -OCH3 is 1. The third-order valence-electron chi connectivity index (χ3n) is 3.08. The number of ether oxygens (including phenoxy) is 1. The van der Waals surface area contributed by atoms with Gasteiger partial charge in [-0.25, -0.2) is 8.42 Å². The van der Waals surface area contributed by atoms with Crippen LogP contribution in [0.4, 0.5) is 0 Å². The predicted octanol–water partition coefficient (Wildman–Crippen LogP) is 0.864. The molecule has 0 saturated carbocycles. The van der Waals surface area contributed by atoms with E-state index in [1.165, 1.54) is 11.3 Å². The van der Waals surface area contributed by atoms with Crippen LogP contribution in [0.3, 0.4) is 0 Å². The summed E-state index contributed by atoms with van der Waals surface area (Å²) in [6.45, 7) is 2.12. The van der Waals surface area contributed by atoms with Crippen molar-refractivity contribution in [2.45, 2.75) is 17.2 Å². The van der Waals surface area contributed by atoms with Crippen LogP contribution in [0.2, 0.25) is 0 Å². The van der Waals surface area contributed by atoms with Crippen molar-refractivity contribution in [3.63, 3.8) is 0 Å². The first-order chi connectivity index (χ1) is 8.57. The van der Waals surface area contributed by atoms with E-state index >= 15 is 0 Å². The Balaban J connectivity index is 2.12. The van der Waals surface area contributed by atoms with E-state index in [1.807, 2.05) is 0 Å². The predicted molar refractivity (Wildman–Crippen MR) is 71.0 cm³/mol. The van der Waals surface area contributed by atoms with E-state index in [0.717, 1.165) is 11.3 Å². The molecule has 1 aromatic heterocycles. The summed E-state index contributed by atoms with van der Waals surface area (Å²) in [6, 6.07) is 3.42. The average Bonchev–Trinajstić information content (AvgIpc) is 2.98. The monoisotopic (exact) mass is 290 g/mol. The molecule has 0 aromatic carbocycles. The maximum Gasteiger partial charge on any atom is 0.252 e. The standard InChI is InChI=1S/C11H18N2O3S2/c1-16-8-9-4-5-13(7-9)18(14,15)11-3-2-10(6-12)17-11/h2-3,9H,4-8,12H2,1H3. The van der Waals surface area contributed by atoms with Crippen LogP contribution in [0.15, 0.2) is 16.3 Å². The van der Waals surface area contributed by atoms with Gasteiger partial charge in [0.1, 0.15) is 4.21 Å². The molecule has 1 saturated heterocycles. The Morgan fingerprint density at radius 3 is 2.94 bits per heavy atom. The molecule has 1 aliphatic heterocycles. The van der Waals surface area contributed by atoms with Gasteiger partial charge in [-0.2, -0.15) is 4.31 Å². The second-order valence-corrected chi connectivity index (χ2v) is 7.73. The molecular formula is C11H18N2O3S2. The highest BCUT2D eigenvalue weighted by Gasteiger charge is 2.33. The Morgan fingerprint density at radius 2 is 2.33 bits per heavy atom. The SMILES string of the molecule is COCC1CCN(S(=O)(=O)c2ccc(CN)s2)C1. The summed E-state index contributed by atoms with van der Waals surface area (Å²) >= 11 is 1.26. The van der Waals surface area contributed by atoms with Crippen molar-refractivity contribution in [1.82, 2.24) is 4.31 Å². The highest BCUT2D eigenvalue weighted by Crippen LogP contribution is 2.28. The molecule has 2 N–H and O–H groups in total. The van der Waals surface area contributed by atoms with E-state index in [4.69, 9.17) is 10.5 Å². The van der Waals surface area contributed by atoms with Crippen molar-refractivity contribution in [2.24, 2.45) is 11.7 Å². The molecule has 18 heavy (non-hydrogen) atoms. The molecule has 1 atom stereocenters. The lowest BCUT2D eigenvalue weighted by Crippen LogP contribution is -2.28. The first kappa shape index (κ1) is 14.0. The Morgan fingerprint density at radius 1 is 1.56 bits per heavy atom. The highest BCUT2D eigenvalue weighted by molar-refractivity contribution is 7.91. The molecule has 102 valence electrons. The molecule has 1 aromatic rings. The molecule has 0 spiro atoms. The number of rotatable bonds is 5. The average molecular weight is 290 g/mol. The van der Waals surface area contributed by atoms with Crippen LogP contribution in [-0.2, 0) is 21.3 Å². The first-order valence-electron chi connectivity index (χ1n) is 5.85. The fourth-order valence-electron chi connectivity index (χ4n) is 2.12. The summed E-state index contributed by atoms with van der Waals surface area (Å²) in [6.07, 6.45) is 0.863. The minimum Gasteiger partial charge on any atom is -0.384 e. The highest BCUT2D eigenvalue weighted by atomic mass is 32.2. The number of thiophene rings is 1. The zero-order valence-electron chi connectivity index (χ0n) is 10.3. The minimum absolute atomic E-state index is 0.304. The second-order valence-electron chi connectivity index (χ2n) is 4.40. The third kappa shape index (κ3) is 2.75. The van der Waals surface area contributed by atoms with Gasteiger partial charge in [0, 0.05) is 31.6 Å². The van der Waals surface area contributed by atoms with Gasteiger partial charge in [0.2, 0.25) is 0 Å². The molecule has 0 bridgehead atoms. The van der Waals surface area contributed by atoms with E-state index < -0.39 is 10.0 Å². The number of hydrogen-bond acceptors (Lipinski definition) is 5. The Kier molecular flexibility index (Phi) is 4.39. The van der Waals surface area contributed by atoms with Gasteiger partial charge in [0.05, 0.1) is 6.61 Å². The fourth-order valence-corrected chi connectivity index (χ4v) is 5.04. The lowest BCUT2D eigenvalue weighted by molar-refractivity contribution is 0.157. The topological polar surface area (TPSA) is 72.6 Å². The molecule has 1 fully saturated rings. The van der Waals surface area contributed by atoms with Gasteiger partial charge >= 0.3 is 0 Å². The van der Waals surface area contributed by atoms with Crippen LogP contribution in [0.25, 0.3) is 0 Å². The normalized spacial score (nSPS) is 21.6. The third-order valence-corrected chi connectivity index (χ3v) is 6.52. The number of hydrogen-bond donors (Lipinski definition) is 1. The molecule has 0 amide bonds. The van der Waals surface area contributed by atoms with Gasteiger partial charge in [0.25, 0.3) is 10.0 Å². The number of nitrogens with two attached hydrogens (primary N) is 1. The van der Waals surface area contributed by atoms with Gasteiger partial charge in [-0.3, -0.25) is 0 Å². The molecule has 5 nitrogen and oxygen atoms in total. The summed E-state index contributed by atoms with van der Waals surface area (Å²) in [7, 11) is -1.70. The van der Waals surface area contributed by atoms with Crippen LogP contribution in [0, 0.1) is 5.92 Å². The van der Waals surface area contributed by atoms with Gasteiger partial charge in [-0.1, -0.05) is 0 Å². The molecule has 1 aliphatic rings. The van der Waals surface area contributed by atoms with Gasteiger partial charge in [-0.05, 0) is 24.5 Å². The van der Waals surface area contributed by atoms with Crippen LogP contribution in [0.5, 0.6) is 0 Å². The molecule has 0 aliphatic carbocycles. The van der Waals surface area contributed by atoms with Gasteiger partial charge < -0.3 is 10.5 Å². The number of nitrogens with zero attached hydrogens (tertiary/aromatic N) is 1. The van der Waals surface area contributed by atoms with Crippen LogP contribution in [-0.4, -0.2) is 39.5 Å². The second kappa shape index (κ2) is 5.66. The Labute approximate surface area is 112 Å². The van der Waals surface area contributed by atoms with Crippen LogP contribution < -0.4 is 5.73 Å². The molecule has 2 heterocycles. The van der Waals surface area contributed by atoms with Gasteiger partial charge in [-0.15, -0.1) is 11.3 Å². The Bertz CT molecular complexity index is 498. The smallest absolute Gasteiger partial charge is 0.252 e. The molecular weight excluding hydrogens is 272 g/mol. The van der Waals surface area contributed by atoms with E-state index in [1.54, 1.807) is 23.5 Å². The quantitative estimate of drug-likeness (QED) is 0.873. The van der Waals surface area contributed by atoms with Crippen LogP contribution >= 0.6 is 11.3 Å². The van der Waals surface area contributed by atoms with E-state index in [2.05, 4.69) is 0 Å². The van der Waals surface area contributed by atoms with Crippen LogP contribution in [0.1, 0.15) is 11.3 Å². The Hall–Kier alpha value is -0.470.